The fourth-order valence-corrected chi connectivity index (χ4v) is 5.07. The van der Waals surface area contributed by atoms with Crippen LogP contribution in [0.4, 0.5) is 20.2 Å². The minimum Gasteiger partial charge on any atom is -0.477 e. The van der Waals surface area contributed by atoms with Crippen molar-refractivity contribution in [2.24, 2.45) is 0 Å². The normalized spacial score (nSPS) is 19.2. The third-order valence-corrected chi connectivity index (χ3v) is 7.17. The van der Waals surface area contributed by atoms with Gasteiger partial charge in [0, 0.05) is 69.1 Å². The number of piperazine rings is 2. The van der Waals surface area contributed by atoms with Gasteiger partial charge in [-0.3, -0.25) is 4.79 Å². The van der Waals surface area contributed by atoms with Crippen LogP contribution in [-0.4, -0.2) is 79.4 Å². The molecule has 3 aromatic rings. The van der Waals surface area contributed by atoms with E-state index in [-0.39, 0.29) is 22.6 Å². The van der Waals surface area contributed by atoms with Gasteiger partial charge >= 0.3 is 5.97 Å². The number of hydrogen-bond acceptors (Lipinski definition) is 6. The van der Waals surface area contributed by atoms with Crippen LogP contribution in [0, 0.1) is 11.6 Å². The van der Waals surface area contributed by atoms with Crippen LogP contribution in [0.5, 0.6) is 0 Å². The number of likely N-dealkylation sites (N-methyl/N-ethyl adjacent to an activating group) is 1. The van der Waals surface area contributed by atoms with E-state index >= 15 is 8.78 Å². The van der Waals surface area contributed by atoms with Crippen molar-refractivity contribution in [1.82, 2.24) is 14.8 Å². The molecule has 10 heteroatoms. The van der Waals surface area contributed by atoms with Crippen molar-refractivity contribution in [1.29, 1.82) is 0 Å². The highest BCUT2D eigenvalue weighted by Gasteiger charge is 2.24. The highest BCUT2D eigenvalue weighted by Crippen LogP contribution is 2.30. The number of fused-ring (bicyclic) bond motifs is 1. The van der Waals surface area contributed by atoms with Crippen LogP contribution in [0.1, 0.15) is 17.3 Å². The molecule has 36 heavy (non-hydrogen) atoms. The highest BCUT2D eigenvalue weighted by atomic mass is 19.1. The fourth-order valence-electron chi connectivity index (χ4n) is 5.07. The lowest BCUT2D eigenvalue weighted by atomic mass is 10.1. The molecule has 1 unspecified atom stereocenters. The van der Waals surface area contributed by atoms with Gasteiger partial charge in [-0.2, -0.15) is 0 Å². The van der Waals surface area contributed by atoms with Gasteiger partial charge in [-0.15, -0.1) is 0 Å². The summed E-state index contributed by atoms with van der Waals surface area (Å²) in [7, 11) is 1.99. The van der Waals surface area contributed by atoms with Crippen molar-refractivity contribution in [3.63, 3.8) is 0 Å². The van der Waals surface area contributed by atoms with Crippen LogP contribution < -0.4 is 20.5 Å². The average Bonchev–Trinajstić information content (AvgIpc) is 2.85. The Hall–Kier alpha value is -3.50. The summed E-state index contributed by atoms with van der Waals surface area (Å²) in [5, 5.41) is 12.8. The van der Waals surface area contributed by atoms with E-state index in [2.05, 4.69) is 22.0 Å². The van der Waals surface area contributed by atoms with Crippen LogP contribution in [-0.2, 0) is 0 Å². The number of hydrogen-bond donors (Lipinski definition) is 2. The predicted molar refractivity (Wildman–Crippen MR) is 136 cm³/mol. The van der Waals surface area contributed by atoms with Crippen LogP contribution in [0.3, 0.4) is 0 Å². The van der Waals surface area contributed by atoms with Gasteiger partial charge in [-0.1, -0.05) is 0 Å². The molecule has 0 radical (unpaired) electrons. The van der Waals surface area contributed by atoms with E-state index in [9.17, 15) is 14.7 Å². The predicted octanol–water partition coefficient (Wildman–Crippen LogP) is 2.52. The molecule has 0 bridgehead atoms. The lowest BCUT2D eigenvalue weighted by molar-refractivity contribution is 0.0695. The largest absolute Gasteiger partial charge is 0.477 e. The van der Waals surface area contributed by atoms with Crippen molar-refractivity contribution >= 4 is 28.2 Å². The van der Waals surface area contributed by atoms with Gasteiger partial charge in [-0.25, -0.2) is 13.6 Å². The number of rotatable bonds is 4. The third kappa shape index (κ3) is 4.31. The Morgan fingerprint density at radius 2 is 1.75 bits per heavy atom. The minimum absolute atomic E-state index is 0.0879. The Labute approximate surface area is 207 Å². The average molecular weight is 498 g/mol. The van der Waals surface area contributed by atoms with E-state index in [0.717, 1.165) is 50.7 Å². The number of nitrogens with one attached hydrogen (secondary N) is 1. The maximum Gasteiger partial charge on any atom is 0.341 e. The summed E-state index contributed by atoms with van der Waals surface area (Å²) in [5.41, 5.74) is 0.0157. The van der Waals surface area contributed by atoms with Gasteiger partial charge in [0.05, 0.1) is 16.9 Å². The quantitative estimate of drug-likeness (QED) is 0.573. The first-order valence-electron chi connectivity index (χ1n) is 12.1. The first kappa shape index (κ1) is 24.2. The van der Waals surface area contributed by atoms with E-state index in [1.807, 2.05) is 11.9 Å². The standard InChI is InChI=1S/C26H29F2N5O3/c1-16-14-29-5-6-32(16)17-3-4-22(20(27)11-17)33-15-19(26(35)36)25(34)18-12-21(28)24(13-23(18)33)31-9-7-30(2)8-10-31/h3-4,11-13,15-16,29H,5-10,14H2,1-2H3,(H,35,36). The second kappa shape index (κ2) is 9.51. The van der Waals surface area contributed by atoms with Gasteiger partial charge in [0.15, 0.2) is 0 Å². The van der Waals surface area contributed by atoms with E-state index < -0.39 is 28.6 Å². The molecule has 2 aromatic carbocycles. The maximum absolute atomic E-state index is 15.6. The van der Waals surface area contributed by atoms with Crippen molar-refractivity contribution in [3.8, 4) is 5.69 Å². The Morgan fingerprint density at radius 3 is 2.42 bits per heavy atom. The summed E-state index contributed by atoms with van der Waals surface area (Å²) >= 11 is 0. The monoisotopic (exact) mass is 497 g/mol. The molecule has 2 saturated heterocycles. The van der Waals surface area contributed by atoms with Gasteiger partial charge in [0.25, 0.3) is 0 Å². The second-order valence-electron chi connectivity index (χ2n) is 9.54. The van der Waals surface area contributed by atoms with Crippen LogP contribution in [0.15, 0.2) is 41.3 Å². The molecule has 0 spiro atoms. The molecule has 0 saturated carbocycles. The highest BCUT2D eigenvalue weighted by molar-refractivity contribution is 5.94. The zero-order valence-electron chi connectivity index (χ0n) is 20.3. The number of anilines is 2. The molecule has 0 amide bonds. The van der Waals surface area contributed by atoms with Crippen LogP contribution in [0.25, 0.3) is 16.6 Å². The topological polar surface area (TPSA) is 81.0 Å². The number of pyridine rings is 1. The lowest BCUT2D eigenvalue weighted by Gasteiger charge is -2.36. The maximum atomic E-state index is 15.6. The Bertz CT molecular complexity index is 1380. The number of carboxylic acids is 1. The molecular formula is C26H29F2N5O3. The number of halogens is 2. The first-order chi connectivity index (χ1) is 17.2. The Kier molecular flexibility index (Phi) is 6.40. The molecule has 2 fully saturated rings. The molecule has 0 aliphatic carbocycles. The van der Waals surface area contributed by atoms with Crippen molar-refractivity contribution in [3.05, 3.63) is 63.9 Å². The van der Waals surface area contributed by atoms with Crippen molar-refractivity contribution in [2.75, 3.05) is 62.7 Å². The number of nitrogens with zero attached hydrogens (tertiary/aromatic N) is 4. The third-order valence-electron chi connectivity index (χ3n) is 7.17. The smallest absolute Gasteiger partial charge is 0.341 e. The number of carboxylic acid groups (broad SMARTS) is 1. The SMILES string of the molecule is CC1CNCCN1c1ccc(-n2cc(C(=O)O)c(=O)c3cc(F)c(N4CCN(C)CC4)cc32)c(F)c1. The van der Waals surface area contributed by atoms with E-state index in [1.54, 1.807) is 12.1 Å². The van der Waals surface area contributed by atoms with Crippen molar-refractivity contribution < 1.29 is 18.7 Å². The summed E-state index contributed by atoms with van der Waals surface area (Å²) in [4.78, 5) is 30.9. The number of carbonyl (C=O) groups is 1. The van der Waals surface area contributed by atoms with Crippen LogP contribution in [0.2, 0.25) is 0 Å². The van der Waals surface area contributed by atoms with E-state index in [0.29, 0.717) is 18.8 Å². The lowest BCUT2D eigenvalue weighted by Crippen LogP contribution is -2.49. The zero-order valence-corrected chi connectivity index (χ0v) is 20.3. The van der Waals surface area contributed by atoms with Gasteiger partial charge in [-0.05, 0) is 44.3 Å². The molecular weight excluding hydrogens is 468 g/mol. The van der Waals surface area contributed by atoms with Crippen molar-refractivity contribution in [2.45, 2.75) is 13.0 Å². The molecule has 190 valence electrons. The molecule has 1 aromatic heterocycles. The second-order valence-corrected chi connectivity index (χ2v) is 9.54. The fraction of sp³-hybridized carbons (Fsp3) is 0.385. The molecule has 3 heterocycles. The van der Waals surface area contributed by atoms with E-state index in [4.69, 9.17) is 0 Å². The molecule has 2 aliphatic heterocycles. The molecule has 2 aliphatic rings. The number of aromatic carboxylic acids is 1. The molecule has 1 atom stereocenters. The molecule has 8 nitrogen and oxygen atoms in total. The molecule has 2 N–H and O–H groups in total. The molecule has 5 rings (SSSR count). The zero-order chi connectivity index (χ0) is 25.6. The van der Waals surface area contributed by atoms with Gasteiger partial charge < -0.3 is 29.7 Å². The number of benzene rings is 2. The summed E-state index contributed by atoms with van der Waals surface area (Å²) in [5.74, 6) is -2.63. The summed E-state index contributed by atoms with van der Waals surface area (Å²) in [6, 6.07) is 7.57. The van der Waals surface area contributed by atoms with Gasteiger partial charge in [0.1, 0.15) is 17.2 Å². The summed E-state index contributed by atoms with van der Waals surface area (Å²) in [6.45, 7) is 7.08. The number of aromatic nitrogens is 1. The summed E-state index contributed by atoms with van der Waals surface area (Å²) in [6.07, 6.45) is 1.13. The summed E-state index contributed by atoms with van der Waals surface area (Å²) < 4.78 is 32.1. The Balaban J connectivity index is 1.67. The minimum atomic E-state index is -1.45. The Morgan fingerprint density at radius 1 is 1.03 bits per heavy atom. The first-order valence-corrected chi connectivity index (χ1v) is 12.1. The van der Waals surface area contributed by atoms with Gasteiger partial charge in [0.2, 0.25) is 5.43 Å². The van der Waals surface area contributed by atoms with E-state index in [1.165, 1.54) is 16.7 Å². The van der Waals surface area contributed by atoms with Crippen LogP contribution >= 0.6 is 0 Å².